The van der Waals surface area contributed by atoms with Gasteiger partial charge in [-0.2, -0.15) is 0 Å². The summed E-state index contributed by atoms with van der Waals surface area (Å²) in [6.45, 7) is 4.25. The second-order valence-corrected chi connectivity index (χ2v) is 7.11. The highest BCUT2D eigenvalue weighted by Crippen LogP contribution is 2.25. The summed E-state index contributed by atoms with van der Waals surface area (Å²) in [4.78, 5) is 39.0. The summed E-state index contributed by atoms with van der Waals surface area (Å²) in [5.74, 6) is 0.0883. The Morgan fingerprint density at radius 2 is 1.93 bits per heavy atom. The highest BCUT2D eigenvalue weighted by molar-refractivity contribution is 5.97. The second kappa shape index (κ2) is 10.1. The minimum atomic E-state index is -1.05. The molecular weight excluding hydrogens is 378 g/mol. The molecule has 1 aromatic carbocycles. The maximum Gasteiger partial charge on any atom is 0.255 e. The van der Waals surface area contributed by atoms with E-state index in [4.69, 9.17) is 14.2 Å². The van der Waals surface area contributed by atoms with Crippen LogP contribution in [0.1, 0.15) is 30.6 Å². The predicted octanol–water partition coefficient (Wildman–Crippen LogP) is 0.577. The smallest absolute Gasteiger partial charge is 0.255 e. The van der Waals surface area contributed by atoms with Crippen LogP contribution in [0.25, 0.3) is 0 Å². The first kappa shape index (κ1) is 22.5. The van der Waals surface area contributed by atoms with Crippen molar-refractivity contribution in [3.8, 4) is 11.5 Å². The first-order valence-electron chi connectivity index (χ1n) is 9.48. The summed E-state index contributed by atoms with van der Waals surface area (Å²) in [6.07, 6.45) is 0.483. The van der Waals surface area contributed by atoms with Gasteiger partial charge in [0.15, 0.2) is 0 Å². The zero-order valence-electron chi connectivity index (χ0n) is 17.4. The van der Waals surface area contributed by atoms with E-state index in [9.17, 15) is 14.4 Å². The number of amides is 3. The van der Waals surface area contributed by atoms with Crippen LogP contribution in [0.15, 0.2) is 18.2 Å². The molecule has 0 fully saturated rings. The Bertz CT molecular complexity index is 750. The van der Waals surface area contributed by atoms with Crippen LogP contribution >= 0.6 is 0 Å². The highest BCUT2D eigenvalue weighted by Gasteiger charge is 2.32. The van der Waals surface area contributed by atoms with Gasteiger partial charge in [-0.3, -0.25) is 14.4 Å². The minimum Gasteiger partial charge on any atom is -0.497 e. The summed E-state index contributed by atoms with van der Waals surface area (Å²) < 4.78 is 16.1. The molecule has 1 aliphatic heterocycles. The quantitative estimate of drug-likeness (QED) is 0.759. The minimum absolute atomic E-state index is 0.0933. The SMILES string of the molecule is COc1ccc2c(c1)OCCNC(=O)CN(C(=O)C(C)(C)OC)CCCNC2=O. The van der Waals surface area contributed by atoms with Crippen LogP contribution in [-0.2, 0) is 14.3 Å². The molecule has 2 rings (SSSR count). The number of rotatable bonds is 3. The number of hydrogen-bond acceptors (Lipinski definition) is 6. The van der Waals surface area contributed by atoms with Crippen LogP contribution in [0.5, 0.6) is 11.5 Å². The molecule has 0 saturated carbocycles. The maximum atomic E-state index is 12.7. The van der Waals surface area contributed by atoms with Crippen molar-refractivity contribution in [3.63, 3.8) is 0 Å². The molecular formula is C20H29N3O6. The molecule has 2 N–H and O–H groups in total. The Labute approximate surface area is 170 Å². The van der Waals surface area contributed by atoms with E-state index in [-0.39, 0.29) is 37.4 Å². The van der Waals surface area contributed by atoms with Gasteiger partial charge >= 0.3 is 0 Å². The zero-order valence-corrected chi connectivity index (χ0v) is 17.4. The molecule has 3 amide bonds. The third kappa shape index (κ3) is 6.08. The van der Waals surface area contributed by atoms with Crippen molar-refractivity contribution in [1.29, 1.82) is 0 Å². The lowest BCUT2D eigenvalue weighted by Crippen LogP contribution is -2.50. The normalized spacial score (nSPS) is 16.6. The standard InChI is InChI=1S/C20H29N3O6/c1-20(2,28-4)19(26)23-10-5-8-22-18(25)15-7-6-14(27-3)12-16(15)29-11-9-21-17(24)13-23/h6-7,12H,5,8-11,13H2,1-4H3,(H,21,24)(H,22,25). The van der Waals surface area contributed by atoms with Gasteiger partial charge in [0.05, 0.1) is 25.8 Å². The number of benzene rings is 1. The number of nitrogens with one attached hydrogen (secondary N) is 2. The maximum absolute atomic E-state index is 12.7. The van der Waals surface area contributed by atoms with E-state index >= 15 is 0 Å². The van der Waals surface area contributed by atoms with Gasteiger partial charge in [-0.25, -0.2) is 0 Å². The van der Waals surface area contributed by atoms with E-state index in [1.54, 1.807) is 32.0 Å². The molecule has 0 aromatic heterocycles. The molecule has 9 nitrogen and oxygen atoms in total. The average molecular weight is 407 g/mol. The third-order valence-corrected chi connectivity index (χ3v) is 4.65. The molecule has 0 saturated heterocycles. The van der Waals surface area contributed by atoms with Crippen LogP contribution in [0.2, 0.25) is 0 Å². The lowest BCUT2D eigenvalue weighted by Gasteiger charge is -2.30. The summed E-state index contributed by atoms with van der Waals surface area (Å²) in [6, 6.07) is 4.95. The van der Waals surface area contributed by atoms with Crippen LogP contribution in [0.3, 0.4) is 0 Å². The molecule has 0 radical (unpaired) electrons. The molecule has 29 heavy (non-hydrogen) atoms. The Balaban J connectivity index is 2.16. The lowest BCUT2D eigenvalue weighted by atomic mass is 10.1. The van der Waals surface area contributed by atoms with Crippen molar-refractivity contribution in [2.75, 3.05) is 47.0 Å². The number of fused-ring (bicyclic) bond motifs is 1. The molecule has 0 bridgehead atoms. The molecule has 0 aliphatic carbocycles. The number of methoxy groups -OCH3 is 2. The van der Waals surface area contributed by atoms with Gasteiger partial charge in [0, 0.05) is 26.3 Å². The monoisotopic (exact) mass is 407 g/mol. The van der Waals surface area contributed by atoms with E-state index in [1.807, 2.05) is 0 Å². The van der Waals surface area contributed by atoms with Gasteiger partial charge in [-0.15, -0.1) is 0 Å². The molecule has 1 heterocycles. The Hall–Kier alpha value is -2.81. The van der Waals surface area contributed by atoms with E-state index in [1.165, 1.54) is 19.1 Å². The van der Waals surface area contributed by atoms with Gasteiger partial charge in [0.2, 0.25) is 5.91 Å². The number of carbonyl (C=O) groups excluding carboxylic acids is 3. The van der Waals surface area contributed by atoms with Gasteiger partial charge in [-0.1, -0.05) is 0 Å². The molecule has 160 valence electrons. The second-order valence-electron chi connectivity index (χ2n) is 7.11. The first-order chi connectivity index (χ1) is 13.8. The van der Waals surface area contributed by atoms with Crippen molar-refractivity contribution < 1.29 is 28.6 Å². The van der Waals surface area contributed by atoms with Gasteiger partial charge < -0.3 is 29.7 Å². The van der Waals surface area contributed by atoms with Gasteiger partial charge in [0.25, 0.3) is 11.8 Å². The van der Waals surface area contributed by atoms with Gasteiger partial charge in [-0.05, 0) is 32.4 Å². The van der Waals surface area contributed by atoms with Crippen molar-refractivity contribution >= 4 is 17.7 Å². The number of ether oxygens (including phenoxy) is 3. The van der Waals surface area contributed by atoms with Crippen molar-refractivity contribution in [2.24, 2.45) is 0 Å². The molecule has 1 aromatic rings. The van der Waals surface area contributed by atoms with Crippen LogP contribution in [0, 0.1) is 0 Å². The fourth-order valence-corrected chi connectivity index (χ4v) is 2.80. The molecule has 0 atom stereocenters. The number of nitrogens with zero attached hydrogens (tertiary/aromatic N) is 1. The van der Waals surface area contributed by atoms with Crippen molar-refractivity contribution in [3.05, 3.63) is 23.8 Å². The van der Waals surface area contributed by atoms with Crippen molar-refractivity contribution in [2.45, 2.75) is 25.9 Å². The lowest BCUT2D eigenvalue weighted by molar-refractivity contribution is -0.153. The van der Waals surface area contributed by atoms with Crippen LogP contribution < -0.4 is 20.1 Å². The highest BCUT2D eigenvalue weighted by atomic mass is 16.5. The molecule has 0 unspecified atom stereocenters. The van der Waals surface area contributed by atoms with E-state index < -0.39 is 5.60 Å². The molecule has 9 heteroatoms. The first-order valence-corrected chi connectivity index (χ1v) is 9.48. The summed E-state index contributed by atoms with van der Waals surface area (Å²) >= 11 is 0. The van der Waals surface area contributed by atoms with Crippen LogP contribution in [-0.4, -0.2) is 75.2 Å². The van der Waals surface area contributed by atoms with E-state index in [0.29, 0.717) is 36.6 Å². The zero-order chi connectivity index (χ0) is 21.4. The summed E-state index contributed by atoms with van der Waals surface area (Å²) in [7, 11) is 2.98. The fourth-order valence-electron chi connectivity index (χ4n) is 2.80. The molecule has 0 spiro atoms. The van der Waals surface area contributed by atoms with Crippen molar-refractivity contribution in [1.82, 2.24) is 15.5 Å². The van der Waals surface area contributed by atoms with E-state index in [2.05, 4.69) is 10.6 Å². The fraction of sp³-hybridized carbons (Fsp3) is 0.550. The Kier molecular flexibility index (Phi) is 7.83. The summed E-state index contributed by atoms with van der Waals surface area (Å²) in [5, 5.41) is 5.56. The average Bonchev–Trinajstić information content (AvgIpc) is 2.71. The third-order valence-electron chi connectivity index (χ3n) is 4.65. The number of hydrogen-bond donors (Lipinski definition) is 2. The Morgan fingerprint density at radius 3 is 2.62 bits per heavy atom. The molecule has 1 aliphatic rings. The van der Waals surface area contributed by atoms with Crippen LogP contribution in [0.4, 0.5) is 0 Å². The Morgan fingerprint density at radius 1 is 1.17 bits per heavy atom. The summed E-state index contributed by atoms with van der Waals surface area (Å²) in [5.41, 5.74) is -0.668. The predicted molar refractivity (Wildman–Crippen MR) is 106 cm³/mol. The topological polar surface area (TPSA) is 106 Å². The number of carbonyl (C=O) groups is 3. The van der Waals surface area contributed by atoms with E-state index in [0.717, 1.165) is 0 Å². The van der Waals surface area contributed by atoms with Gasteiger partial charge in [0.1, 0.15) is 23.7 Å². The largest absolute Gasteiger partial charge is 0.497 e.